The fourth-order valence-electron chi connectivity index (χ4n) is 2.63. The molecular weight excluding hydrogens is 359 g/mol. The summed E-state index contributed by atoms with van der Waals surface area (Å²) in [7, 11) is 0. The van der Waals surface area contributed by atoms with E-state index < -0.39 is 0 Å². The lowest BCUT2D eigenvalue weighted by atomic mass is 10.1. The summed E-state index contributed by atoms with van der Waals surface area (Å²) < 4.78 is 5.01. The first-order chi connectivity index (χ1) is 12.2. The Hall–Kier alpha value is -1.65. The van der Waals surface area contributed by atoms with Gasteiger partial charge in [0.15, 0.2) is 0 Å². The van der Waals surface area contributed by atoms with E-state index in [2.05, 4.69) is 34.1 Å². The van der Waals surface area contributed by atoms with Crippen LogP contribution in [0.4, 0.5) is 5.69 Å². The zero-order valence-corrected chi connectivity index (χ0v) is 16.0. The molecule has 2 rings (SSSR count). The summed E-state index contributed by atoms with van der Waals surface area (Å²) in [6.45, 7) is 5.24. The molecule has 1 aromatic carbocycles. The average Bonchev–Trinajstić information content (AvgIpc) is 2.63. The summed E-state index contributed by atoms with van der Waals surface area (Å²) in [6.07, 6.45) is 5.64. The highest BCUT2D eigenvalue weighted by atomic mass is 35.5. The number of esters is 1. The Bertz CT molecular complexity index is 608. The lowest BCUT2D eigenvalue weighted by molar-refractivity contribution is -0.138. The number of halogens is 2. The van der Waals surface area contributed by atoms with Gasteiger partial charge < -0.3 is 14.5 Å². The normalized spacial score (nSPS) is 13.6. The van der Waals surface area contributed by atoms with Gasteiger partial charge in [0.05, 0.1) is 12.2 Å². The maximum atomic E-state index is 11.7. The summed E-state index contributed by atoms with van der Waals surface area (Å²) >= 11 is 11.7. The molecule has 0 bridgehead atoms. The number of anilines is 1. The standard InChI is InChI=1S/C19H24Cl2N2O2/c1-2-25-19(24)17-7-11-22(12-8-17)15-16-3-5-18(6-4-16)23(13-9-20)14-10-21/h3-8,11H,2,9-10,12-15H2,1H3. The van der Waals surface area contributed by atoms with E-state index in [0.717, 1.165) is 25.3 Å². The smallest absolute Gasteiger partial charge is 0.337 e. The zero-order chi connectivity index (χ0) is 18.1. The second-order valence-electron chi connectivity index (χ2n) is 5.66. The minimum atomic E-state index is -0.263. The number of carbonyl (C=O) groups is 1. The van der Waals surface area contributed by atoms with Gasteiger partial charge >= 0.3 is 5.97 Å². The van der Waals surface area contributed by atoms with E-state index in [9.17, 15) is 4.79 Å². The average molecular weight is 383 g/mol. The van der Waals surface area contributed by atoms with Crippen molar-refractivity contribution in [2.45, 2.75) is 13.5 Å². The van der Waals surface area contributed by atoms with Crippen LogP contribution in [-0.2, 0) is 16.1 Å². The van der Waals surface area contributed by atoms with Gasteiger partial charge in [0.25, 0.3) is 0 Å². The minimum Gasteiger partial charge on any atom is -0.462 e. The number of benzene rings is 1. The molecule has 0 fully saturated rings. The summed E-state index contributed by atoms with van der Waals surface area (Å²) in [5.41, 5.74) is 2.95. The van der Waals surface area contributed by atoms with Crippen LogP contribution in [0.25, 0.3) is 0 Å². The Kier molecular flexibility index (Phi) is 8.16. The lowest BCUT2D eigenvalue weighted by Gasteiger charge is -2.24. The van der Waals surface area contributed by atoms with Crippen LogP contribution in [0.3, 0.4) is 0 Å². The largest absolute Gasteiger partial charge is 0.462 e. The Morgan fingerprint density at radius 2 is 1.88 bits per heavy atom. The molecule has 0 amide bonds. The van der Waals surface area contributed by atoms with Gasteiger partial charge in [-0.2, -0.15) is 0 Å². The quantitative estimate of drug-likeness (QED) is 0.480. The number of carbonyl (C=O) groups excluding carboxylic acids is 1. The molecule has 136 valence electrons. The molecule has 0 aromatic heterocycles. The van der Waals surface area contributed by atoms with Crippen LogP contribution in [0, 0.1) is 0 Å². The van der Waals surface area contributed by atoms with Gasteiger partial charge in [-0.1, -0.05) is 18.2 Å². The van der Waals surface area contributed by atoms with Gasteiger partial charge in [0, 0.05) is 49.8 Å². The molecule has 0 saturated carbocycles. The highest BCUT2D eigenvalue weighted by Gasteiger charge is 2.12. The van der Waals surface area contributed by atoms with Gasteiger partial charge in [0.1, 0.15) is 0 Å². The van der Waals surface area contributed by atoms with Crippen molar-refractivity contribution < 1.29 is 9.53 Å². The highest BCUT2D eigenvalue weighted by Crippen LogP contribution is 2.18. The molecule has 1 aliphatic heterocycles. The van der Waals surface area contributed by atoms with E-state index >= 15 is 0 Å². The molecule has 1 aromatic rings. The third-order valence-electron chi connectivity index (χ3n) is 3.92. The second-order valence-corrected chi connectivity index (χ2v) is 6.41. The predicted molar refractivity (Wildman–Crippen MR) is 104 cm³/mol. The Balaban J connectivity index is 1.92. The molecule has 6 heteroatoms. The molecule has 0 unspecified atom stereocenters. The van der Waals surface area contributed by atoms with Crippen molar-refractivity contribution in [3.8, 4) is 0 Å². The monoisotopic (exact) mass is 382 g/mol. The molecule has 0 spiro atoms. The van der Waals surface area contributed by atoms with Crippen LogP contribution < -0.4 is 4.90 Å². The number of rotatable bonds is 9. The van der Waals surface area contributed by atoms with Crippen molar-refractivity contribution in [2.75, 3.05) is 42.9 Å². The van der Waals surface area contributed by atoms with Crippen molar-refractivity contribution >= 4 is 34.9 Å². The topological polar surface area (TPSA) is 32.8 Å². The predicted octanol–water partition coefficient (Wildman–Crippen LogP) is 3.79. The van der Waals surface area contributed by atoms with Crippen LogP contribution in [0.2, 0.25) is 0 Å². The SMILES string of the molecule is CCOC(=O)C1=CCN(Cc2ccc(N(CCCl)CCCl)cc2)C=C1. The number of hydrogen-bond donors (Lipinski definition) is 0. The van der Waals surface area contributed by atoms with E-state index in [-0.39, 0.29) is 5.97 Å². The highest BCUT2D eigenvalue weighted by molar-refractivity contribution is 6.18. The fraction of sp³-hybridized carbons (Fsp3) is 0.421. The van der Waals surface area contributed by atoms with E-state index in [1.54, 1.807) is 6.08 Å². The van der Waals surface area contributed by atoms with E-state index in [1.165, 1.54) is 5.56 Å². The number of alkyl halides is 2. The van der Waals surface area contributed by atoms with Crippen LogP contribution in [0.5, 0.6) is 0 Å². The second kappa shape index (κ2) is 10.4. The zero-order valence-electron chi connectivity index (χ0n) is 14.5. The third kappa shape index (κ3) is 5.98. The number of ether oxygens (including phenoxy) is 1. The summed E-state index contributed by atoms with van der Waals surface area (Å²) in [5.74, 6) is 0.889. The van der Waals surface area contributed by atoms with Gasteiger partial charge in [-0.25, -0.2) is 4.79 Å². The summed E-state index contributed by atoms with van der Waals surface area (Å²) in [5, 5.41) is 0. The van der Waals surface area contributed by atoms with E-state index in [4.69, 9.17) is 27.9 Å². The number of hydrogen-bond acceptors (Lipinski definition) is 4. The van der Waals surface area contributed by atoms with Crippen molar-refractivity contribution in [2.24, 2.45) is 0 Å². The Morgan fingerprint density at radius 1 is 1.20 bits per heavy atom. The molecule has 0 N–H and O–H groups in total. The van der Waals surface area contributed by atoms with Crippen molar-refractivity contribution in [1.29, 1.82) is 0 Å². The summed E-state index contributed by atoms with van der Waals surface area (Å²) in [6, 6.07) is 8.43. The summed E-state index contributed by atoms with van der Waals surface area (Å²) in [4.78, 5) is 16.0. The van der Waals surface area contributed by atoms with Crippen LogP contribution in [0.1, 0.15) is 12.5 Å². The molecular formula is C19H24Cl2N2O2. The molecule has 25 heavy (non-hydrogen) atoms. The first kappa shape index (κ1) is 19.7. The third-order valence-corrected chi connectivity index (χ3v) is 4.26. The van der Waals surface area contributed by atoms with Gasteiger partial charge in [-0.15, -0.1) is 23.2 Å². The Morgan fingerprint density at radius 3 is 2.40 bits per heavy atom. The van der Waals surface area contributed by atoms with Crippen molar-refractivity contribution in [3.63, 3.8) is 0 Å². The molecule has 4 nitrogen and oxygen atoms in total. The van der Waals surface area contributed by atoms with E-state index in [1.807, 2.05) is 19.2 Å². The first-order valence-electron chi connectivity index (χ1n) is 8.43. The van der Waals surface area contributed by atoms with E-state index in [0.29, 0.717) is 30.5 Å². The maximum Gasteiger partial charge on any atom is 0.337 e. The van der Waals surface area contributed by atoms with Crippen LogP contribution in [0.15, 0.2) is 48.2 Å². The number of nitrogens with zero attached hydrogens (tertiary/aromatic N) is 2. The molecule has 0 radical (unpaired) electrons. The molecule has 1 aliphatic rings. The van der Waals surface area contributed by atoms with Crippen molar-refractivity contribution in [3.05, 3.63) is 53.8 Å². The lowest BCUT2D eigenvalue weighted by Crippen LogP contribution is -2.27. The van der Waals surface area contributed by atoms with Crippen LogP contribution in [-0.4, -0.2) is 48.9 Å². The first-order valence-corrected chi connectivity index (χ1v) is 9.50. The van der Waals surface area contributed by atoms with Gasteiger partial charge in [-0.05, 0) is 30.7 Å². The molecule has 0 saturated heterocycles. The van der Waals surface area contributed by atoms with Gasteiger partial charge in [-0.3, -0.25) is 0 Å². The minimum absolute atomic E-state index is 0.263. The Labute approximate surface area is 159 Å². The molecule has 1 heterocycles. The maximum absolute atomic E-state index is 11.7. The van der Waals surface area contributed by atoms with Crippen molar-refractivity contribution in [1.82, 2.24) is 4.90 Å². The molecule has 0 aliphatic carbocycles. The molecule has 0 atom stereocenters. The fourth-order valence-corrected chi connectivity index (χ4v) is 3.04. The van der Waals surface area contributed by atoms with Gasteiger partial charge in [0.2, 0.25) is 0 Å². The van der Waals surface area contributed by atoms with Crippen LogP contribution >= 0.6 is 23.2 Å².